The Balaban J connectivity index is 1.89. The second-order valence-electron chi connectivity index (χ2n) is 4.58. The Morgan fingerprint density at radius 1 is 1.14 bits per heavy atom. The fourth-order valence-electron chi connectivity index (χ4n) is 2.08. The molecule has 0 spiro atoms. The zero-order chi connectivity index (χ0) is 14.9. The van der Waals surface area contributed by atoms with Crippen LogP contribution in [0.3, 0.4) is 0 Å². The minimum absolute atomic E-state index is 0.125. The first-order chi connectivity index (χ1) is 10.0. The molecule has 0 radical (unpaired) electrons. The van der Waals surface area contributed by atoms with Gasteiger partial charge in [-0.2, -0.15) is 13.2 Å². The molecular weight excluding hydrogens is 281 g/mol. The number of alkyl halides is 3. The van der Waals surface area contributed by atoms with Crippen LogP contribution in [0.4, 0.5) is 13.2 Å². The lowest BCUT2D eigenvalue weighted by molar-refractivity contribution is -0.142. The van der Waals surface area contributed by atoms with E-state index in [2.05, 4.69) is 10.5 Å². The minimum Gasteiger partial charge on any atom is -0.378 e. The Hall–Kier alpha value is -2.50. The van der Waals surface area contributed by atoms with E-state index in [9.17, 15) is 13.2 Å². The van der Waals surface area contributed by atoms with E-state index < -0.39 is 17.9 Å². The third-order valence-electron chi connectivity index (χ3n) is 3.12. The third kappa shape index (κ3) is 2.84. The maximum Gasteiger partial charge on any atom is 0.436 e. The van der Waals surface area contributed by atoms with Crippen molar-refractivity contribution in [3.05, 3.63) is 71.8 Å². The van der Waals surface area contributed by atoms with Crippen LogP contribution in [0.1, 0.15) is 23.1 Å². The van der Waals surface area contributed by atoms with Crippen molar-refractivity contribution in [2.24, 2.45) is 0 Å². The fraction of sp³-hybridized carbons (Fsp3) is 0.133. The quantitative estimate of drug-likeness (QED) is 0.911. The fourth-order valence-corrected chi connectivity index (χ4v) is 2.08. The molecule has 1 aromatic heterocycles. The van der Waals surface area contributed by atoms with Gasteiger partial charge in [-0.05, 0) is 29.5 Å². The van der Waals surface area contributed by atoms with E-state index in [0.29, 0.717) is 0 Å². The van der Waals surface area contributed by atoms with Crippen LogP contribution in [0, 0.1) is 0 Å². The van der Waals surface area contributed by atoms with Crippen LogP contribution in [0.2, 0.25) is 0 Å². The standard InChI is InChI=1S/C15H11F3N2O/c16-15(17,18)14-9-13(21-20-14)12-8-11(6-7-19-12)10-4-2-1-3-5-10/h1-9,12,19H. The van der Waals surface area contributed by atoms with Gasteiger partial charge in [-0.25, -0.2) is 0 Å². The SMILES string of the molecule is FC(F)(F)c1cc(C2C=C(c3ccccc3)C=CN2)on1. The van der Waals surface area contributed by atoms with Crippen LogP contribution in [0.15, 0.2) is 59.3 Å². The number of halogens is 3. The van der Waals surface area contributed by atoms with Gasteiger partial charge in [-0.1, -0.05) is 35.5 Å². The molecule has 1 aliphatic heterocycles. The number of nitrogens with zero attached hydrogens (tertiary/aromatic N) is 1. The van der Waals surface area contributed by atoms with Crippen molar-refractivity contribution in [3.63, 3.8) is 0 Å². The molecule has 1 atom stereocenters. The first-order valence-corrected chi connectivity index (χ1v) is 6.28. The van der Waals surface area contributed by atoms with E-state index in [4.69, 9.17) is 4.52 Å². The molecule has 0 bridgehead atoms. The van der Waals surface area contributed by atoms with Gasteiger partial charge in [-0.3, -0.25) is 0 Å². The Kier molecular flexibility index (Phi) is 3.29. The Labute approximate surface area is 118 Å². The van der Waals surface area contributed by atoms with Gasteiger partial charge in [0.15, 0.2) is 11.5 Å². The molecule has 1 aromatic carbocycles. The maximum absolute atomic E-state index is 12.5. The van der Waals surface area contributed by atoms with Crippen LogP contribution >= 0.6 is 0 Å². The van der Waals surface area contributed by atoms with Gasteiger partial charge in [0.05, 0.1) is 0 Å². The molecule has 1 N–H and O–H groups in total. The minimum atomic E-state index is -4.50. The molecule has 2 heterocycles. The summed E-state index contributed by atoms with van der Waals surface area (Å²) in [4.78, 5) is 0. The van der Waals surface area contributed by atoms with E-state index in [1.165, 1.54) is 0 Å². The molecule has 0 saturated heterocycles. The molecule has 6 heteroatoms. The van der Waals surface area contributed by atoms with Gasteiger partial charge in [0, 0.05) is 6.07 Å². The molecule has 21 heavy (non-hydrogen) atoms. The summed E-state index contributed by atoms with van der Waals surface area (Å²) in [5.41, 5.74) is 0.864. The number of aromatic nitrogens is 1. The summed E-state index contributed by atoms with van der Waals surface area (Å²) in [6.45, 7) is 0. The van der Waals surface area contributed by atoms with E-state index in [-0.39, 0.29) is 5.76 Å². The number of rotatable bonds is 2. The average molecular weight is 292 g/mol. The number of nitrogens with one attached hydrogen (secondary N) is 1. The first kappa shape index (κ1) is 13.5. The lowest BCUT2D eigenvalue weighted by Crippen LogP contribution is -2.15. The lowest BCUT2D eigenvalue weighted by atomic mass is 10.00. The summed E-state index contributed by atoms with van der Waals surface area (Å²) < 4.78 is 42.4. The Morgan fingerprint density at radius 2 is 1.90 bits per heavy atom. The molecule has 3 nitrogen and oxygen atoms in total. The van der Waals surface area contributed by atoms with Crippen LogP contribution in [0.5, 0.6) is 0 Å². The van der Waals surface area contributed by atoms with Crippen molar-refractivity contribution in [1.29, 1.82) is 0 Å². The average Bonchev–Trinajstić information content (AvgIpc) is 2.98. The molecule has 108 valence electrons. The normalized spacial score (nSPS) is 18.2. The zero-order valence-electron chi connectivity index (χ0n) is 10.8. The van der Waals surface area contributed by atoms with E-state index in [1.54, 1.807) is 12.3 Å². The summed E-state index contributed by atoms with van der Waals surface area (Å²) in [5, 5.41) is 6.01. The number of benzene rings is 1. The second-order valence-corrected chi connectivity index (χ2v) is 4.58. The van der Waals surface area contributed by atoms with E-state index >= 15 is 0 Å². The van der Waals surface area contributed by atoms with Crippen molar-refractivity contribution >= 4 is 5.57 Å². The van der Waals surface area contributed by atoms with Gasteiger partial charge >= 0.3 is 6.18 Å². The highest BCUT2D eigenvalue weighted by Gasteiger charge is 2.35. The topological polar surface area (TPSA) is 38.1 Å². The third-order valence-corrected chi connectivity index (χ3v) is 3.12. The van der Waals surface area contributed by atoms with Gasteiger partial charge in [0.1, 0.15) is 6.04 Å². The monoisotopic (exact) mass is 292 g/mol. The highest BCUT2D eigenvalue weighted by molar-refractivity contribution is 5.75. The van der Waals surface area contributed by atoms with Crippen LogP contribution in [-0.4, -0.2) is 5.16 Å². The van der Waals surface area contributed by atoms with Crippen LogP contribution < -0.4 is 5.32 Å². The smallest absolute Gasteiger partial charge is 0.378 e. The Bertz CT molecular complexity index is 686. The van der Waals surface area contributed by atoms with Crippen molar-refractivity contribution in [2.45, 2.75) is 12.2 Å². The summed E-state index contributed by atoms with van der Waals surface area (Å²) in [7, 11) is 0. The summed E-state index contributed by atoms with van der Waals surface area (Å²) in [6.07, 6.45) is 0.837. The van der Waals surface area contributed by atoms with Crippen LogP contribution in [-0.2, 0) is 6.18 Å². The zero-order valence-corrected chi connectivity index (χ0v) is 10.8. The molecule has 0 fully saturated rings. The highest BCUT2D eigenvalue weighted by atomic mass is 19.4. The summed E-state index contributed by atoms with van der Waals surface area (Å²) in [5.74, 6) is 0.125. The summed E-state index contributed by atoms with van der Waals surface area (Å²) in [6, 6.07) is 10.00. The van der Waals surface area contributed by atoms with Gasteiger partial charge in [0.2, 0.25) is 0 Å². The number of dihydropyridines is 1. The largest absolute Gasteiger partial charge is 0.436 e. The van der Waals surface area contributed by atoms with Gasteiger partial charge in [-0.15, -0.1) is 0 Å². The molecule has 0 saturated carbocycles. The predicted octanol–water partition coefficient (Wildman–Crippen LogP) is 3.94. The van der Waals surface area contributed by atoms with E-state index in [1.807, 2.05) is 36.4 Å². The molecule has 0 amide bonds. The molecule has 1 unspecified atom stereocenters. The number of hydrogen-bond donors (Lipinski definition) is 1. The van der Waals surface area contributed by atoms with Crippen molar-refractivity contribution < 1.29 is 17.7 Å². The van der Waals surface area contributed by atoms with Gasteiger partial charge in [0.25, 0.3) is 0 Å². The van der Waals surface area contributed by atoms with Gasteiger partial charge < -0.3 is 9.84 Å². The maximum atomic E-state index is 12.5. The molecule has 3 rings (SSSR count). The van der Waals surface area contributed by atoms with E-state index in [0.717, 1.165) is 17.2 Å². The van der Waals surface area contributed by atoms with Crippen molar-refractivity contribution in [3.8, 4) is 0 Å². The first-order valence-electron chi connectivity index (χ1n) is 6.28. The number of hydrogen-bond acceptors (Lipinski definition) is 3. The molecular formula is C15H11F3N2O. The Morgan fingerprint density at radius 3 is 2.57 bits per heavy atom. The lowest BCUT2D eigenvalue weighted by Gasteiger charge is -2.16. The predicted molar refractivity (Wildman–Crippen MR) is 70.9 cm³/mol. The second kappa shape index (κ2) is 5.12. The van der Waals surface area contributed by atoms with Crippen molar-refractivity contribution in [1.82, 2.24) is 10.5 Å². The molecule has 2 aromatic rings. The molecule has 1 aliphatic rings. The highest BCUT2D eigenvalue weighted by Crippen LogP contribution is 2.32. The van der Waals surface area contributed by atoms with Crippen molar-refractivity contribution in [2.75, 3.05) is 0 Å². The van der Waals surface area contributed by atoms with Crippen LogP contribution in [0.25, 0.3) is 5.57 Å². The summed E-state index contributed by atoms with van der Waals surface area (Å²) >= 11 is 0. The number of allylic oxidation sites excluding steroid dienone is 2. The molecule has 0 aliphatic carbocycles.